The van der Waals surface area contributed by atoms with Crippen molar-refractivity contribution >= 4 is 28.6 Å². The lowest BCUT2D eigenvalue weighted by Crippen LogP contribution is -2.26. The fraction of sp³-hybridized carbons (Fsp3) is 0.350. The van der Waals surface area contributed by atoms with Crippen LogP contribution in [0.2, 0.25) is 0 Å². The van der Waals surface area contributed by atoms with Crippen LogP contribution in [-0.2, 0) is 10.2 Å². The zero-order valence-corrected chi connectivity index (χ0v) is 16.4. The number of nitrogens with one attached hydrogen (secondary N) is 1. The Labute approximate surface area is 157 Å². The minimum absolute atomic E-state index is 0.117. The van der Waals surface area contributed by atoms with Crippen LogP contribution in [0.3, 0.4) is 0 Å². The summed E-state index contributed by atoms with van der Waals surface area (Å²) in [5, 5.41) is 10.3. The van der Waals surface area contributed by atoms with Crippen LogP contribution in [0.1, 0.15) is 40.4 Å². The smallest absolute Gasteiger partial charge is 0.319 e. The first-order valence-corrected chi connectivity index (χ1v) is 9.27. The predicted octanol–water partition coefficient (Wildman–Crippen LogP) is 4.88. The molecule has 0 amide bonds. The topological polar surface area (TPSA) is 78.9 Å². The standard InChI is InChI=1S/C20H23N3O2S/c1-19(2,3)17-21-9-8-15(23-17)16-11-12-10-13(6-7-14(12)22-16)26-20(4,5)18(24)25/h6-11,22H,1-5H3,(H,24,25). The fourth-order valence-corrected chi connectivity index (χ4v) is 3.52. The summed E-state index contributed by atoms with van der Waals surface area (Å²) in [6, 6.07) is 9.87. The van der Waals surface area contributed by atoms with Crippen LogP contribution in [0, 0.1) is 0 Å². The minimum atomic E-state index is -0.874. The average molecular weight is 369 g/mol. The maximum absolute atomic E-state index is 11.3. The zero-order valence-electron chi connectivity index (χ0n) is 15.6. The maximum atomic E-state index is 11.3. The van der Waals surface area contributed by atoms with E-state index in [2.05, 4.69) is 35.7 Å². The van der Waals surface area contributed by atoms with E-state index < -0.39 is 10.7 Å². The molecule has 0 aliphatic rings. The fourth-order valence-electron chi connectivity index (χ4n) is 2.52. The van der Waals surface area contributed by atoms with Gasteiger partial charge in [-0.2, -0.15) is 0 Å². The molecule has 2 N–H and O–H groups in total. The molecule has 0 aliphatic carbocycles. The molecule has 0 atom stereocenters. The van der Waals surface area contributed by atoms with E-state index in [1.807, 2.05) is 30.3 Å². The number of carbonyl (C=O) groups is 1. The van der Waals surface area contributed by atoms with Gasteiger partial charge in [0.15, 0.2) is 0 Å². The molecular formula is C20H23N3O2S. The number of thioether (sulfide) groups is 1. The molecule has 0 saturated carbocycles. The van der Waals surface area contributed by atoms with Crippen molar-refractivity contribution in [1.82, 2.24) is 15.0 Å². The quantitative estimate of drug-likeness (QED) is 0.641. The Bertz CT molecular complexity index is 971. The highest BCUT2D eigenvalue weighted by atomic mass is 32.2. The van der Waals surface area contributed by atoms with Crippen molar-refractivity contribution in [2.24, 2.45) is 0 Å². The number of carboxylic acid groups (broad SMARTS) is 1. The summed E-state index contributed by atoms with van der Waals surface area (Å²) in [5.41, 5.74) is 2.65. The van der Waals surface area contributed by atoms with E-state index in [9.17, 15) is 9.90 Å². The summed E-state index contributed by atoms with van der Waals surface area (Å²) >= 11 is 1.34. The molecule has 6 heteroatoms. The third kappa shape index (κ3) is 3.75. The van der Waals surface area contributed by atoms with Crippen molar-refractivity contribution in [2.75, 3.05) is 0 Å². The van der Waals surface area contributed by atoms with Crippen molar-refractivity contribution in [1.29, 1.82) is 0 Å². The first-order chi connectivity index (χ1) is 12.1. The molecule has 0 spiro atoms. The Kier molecular flexibility index (Phi) is 4.56. The van der Waals surface area contributed by atoms with Crippen LogP contribution in [0.5, 0.6) is 0 Å². The number of aromatic amines is 1. The Morgan fingerprint density at radius 2 is 1.85 bits per heavy atom. The molecule has 0 aliphatic heterocycles. The Morgan fingerprint density at radius 1 is 1.12 bits per heavy atom. The van der Waals surface area contributed by atoms with Crippen molar-refractivity contribution in [3.05, 3.63) is 42.4 Å². The second-order valence-corrected chi connectivity index (χ2v) is 9.56. The predicted molar refractivity (Wildman–Crippen MR) is 106 cm³/mol. The van der Waals surface area contributed by atoms with Gasteiger partial charge in [0.2, 0.25) is 0 Å². The summed E-state index contributed by atoms with van der Waals surface area (Å²) in [5.74, 6) is -0.0267. The highest BCUT2D eigenvalue weighted by Gasteiger charge is 2.28. The molecular weight excluding hydrogens is 346 g/mol. The molecule has 0 saturated heterocycles. The third-order valence-corrected chi connectivity index (χ3v) is 5.26. The number of nitrogens with zero attached hydrogens (tertiary/aromatic N) is 2. The lowest BCUT2D eigenvalue weighted by atomic mass is 9.95. The van der Waals surface area contributed by atoms with Gasteiger partial charge >= 0.3 is 5.97 Å². The lowest BCUT2D eigenvalue weighted by molar-refractivity contribution is -0.138. The number of benzene rings is 1. The Balaban J connectivity index is 1.97. The van der Waals surface area contributed by atoms with Gasteiger partial charge in [0.25, 0.3) is 0 Å². The van der Waals surface area contributed by atoms with Gasteiger partial charge in [-0.15, -0.1) is 11.8 Å². The summed E-state index contributed by atoms with van der Waals surface area (Å²) in [6.07, 6.45) is 1.78. The van der Waals surface area contributed by atoms with Gasteiger partial charge in [-0.1, -0.05) is 20.8 Å². The van der Waals surface area contributed by atoms with Gasteiger partial charge < -0.3 is 10.1 Å². The molecule has 1 aromatic carbocycles. The average Bonchev–Trinajstić information content (AvgIpc) is 2.97. The molecule has 0 fully saturated rings. The van der Waals surface area contributed by atoms with Gasteiger partial charge in [0.05, 0.1) is 11.4 Å². The van der Waals surface area contributed by atoms with Gasteiger partial charge in [0.1, 0.15) is 10.6 Å². The van der Waals surface area contributed by atoms with E-state index in [-0.39, 0.29) is 5.41 Å². The van der Waals surface area contributed by atoms with Gasteiger partial charge in [-0.25, -0.2) is 9.97 Å². The number of aliphatic carboxylic acids is 1. The molecule has 2 heterocycles. The highest BCUT2D eigenvalue weighted by molar-refractivity contribution is 8.01. The zero-order chi connectivity index (χ0) is 19.1. The van der Waals surface area contributed by atoms with E-state index in [0.717, 1.165) is 33.0 Å². The molecule has 3 aromatic rings. The lowest BCUT2D eigenvalue weighted by Gasteiger charge is -2.18. The van der Waals surface area contributed by atoms with E-state index >= 15 is 0 Å². The van der Waals surface area contributed by atoms with E-state index in [4.69, 9.17) is 0 Å². The van der Waals surface area contributed by atoms with Crippen molar-refractivity contribution in [3.63, 3.8) is 0 Å². The molecule has 5 nitrogen and oxygen atoms in total. The van der Waals surface area contributed by atoms with Crippen LogP contribution in [0.4, 0.5) is 0 Å². The first-order valence-electron chi connectivity index (χ1n) is 8.45. The van der Waals surface area contributed by atoms with Crippen LogP contribution >= 0.6 is 11.8 Å². The number of hydrogen-bond donors (Lipinski definition) is 2. The Hall–Kier alpha value is -2.34. The molecule has 3 rings (SSSR count). The number of fused-ring (bicyclic) bond motifs is 1. The maximum Gasteiger partial charge on any atom is 0.319 e. The third-order valence-electron chi connectivity index (χ3n) is 4.08. The van der Waals surface area contributed by atoms with Gasteiger partial charge in [-0.05, 0) is 44.2 Å². The van der Waals surface area contributed by atoms with E-state index in [0.29, 0.717) is 0 Å². The van der Waals surface area contributed by atoms with Gasteiger partial charge in [0, 0.05) is 27.4 Å². The number of carboxylic acids is 1. The normalized spacial score (nSPS) is 12.5. The Morgan fingerprint density at radius 3 is 2.50 bits per heavy atom. The molecule has 0 radical (unpaired) electrons. The summed E-state index contributed by atoms with van der Waals surface area (Å²) < 4.78 is -0.874. The molecule has 26 heavy (non-hydrogen) atoms. The summed E-state index contributed by atoms with van der Waals surface area (Å²) in [6.45, 7) is 9.68. The minimum Gasteiger partial charge on any atom is -0.480 e. The van der Waals surface area contributed by atoms with Crippen molar-refractivity contribution < 1.29 is 9.90 Å². The highest BCUT2D eigenvalue weighted by Crippen LogP contribution is 2.35. The number of aromatic nitrogens is 3. The molecule has 2 aromatic heterocycles. The molecule has 136 valence electrons. The van der Waals surface area contributed by atoms with E-state index in [1.165, 1.54) is 11.8 Å². The first kappa shape index (κ1) is 18.5. The van der Waals surface area contributed by atoms with Crippen molar-refractivity contribution in [2.45, 2.75) is 49.7 Å². The van der Waals surface area contributed by atoms with Crippen LogP contribution < -0.4 is 0 Å². The number of H-pyrrole nitrogens is 1. The number of rotatable bonds is 4. The van der Waals surface area contributed by atoms with Crippen LogP contribution in [-0.4, -0.2) is 30.8 Å². The molecule has 0 bridgehead atoms. The van der Waals surface area contributed by atoms with E-state index in [1.54, 1.807) is 20.0 Å². The second kappa shape index (κ2) is 6.43. The molecule has 0 unspecified atom stereocenters. The SMILES string of the molecule is CC(C)(Sc1ccc2[nH]c(-c3ccnc(C(C)(C)C)n3)cc2c1)C(=O)O. The summed E-state index contributed by atoms with van der Waals surface area (Å²) in [7, 11) is 0. The second-order valence-electron chi connectivity index (χ2n) is 7.87. The van der Waals surface area contributed by atoms with Crippen molar-refractivity contribution in [3.8, 4) is 11.4 Å². The van der Waals surface area contributed by atoms with Gasteiger partial charge in [-0.3, -0.25) is 4.79 Å². The van der Waals surface area contributed by atoms with Crippen LogP contribution in [0.15, 0.2) is 41.4 Å². The number of hydrogen-bond acceptors (Lipinski definition) is 4. The monoisotopic (exact) mass is 369 g/mol. The summed E-state index contributed by atoms with van der Waals surface area (Å²) in [4.78, 5) is 24.7. The largest absolute Gasteiger partial charge is 0.480 e. The van der Waals surface area contributed by atoms with Crippen LogP contribution in [0.25, 0.3) is 22.3 Å².